The molecule has 0 aromatic heterocycles. The van der Waals surface area contributed by atoms with Crippen molar-refractivity contribution in [2.24, 2.45) is 0 Å². The van der Waals surface area contributed by atoms with Gasteiger partial charge in [-0.3, -0.25) is 9.59 Å². The van der Waals surface area contributed by atoms with E-state index in [1.807, 2.05) is 6.07 Å². The van der Waals surface area contributed by atoms with Gasteiger partial charge in [0.2, 0.25) is 0 Å². The molecule has 0 radical (unpaired) electrons. The fraction of sp³-hybridized carbons (Fsp3) is 0.300. The van der Waals surface area contributed by atoms with Gasteiger partial charge in [-0.15, -0.1) is 0 Å². The maximum Gasteiger partial charge on any atom is 0.254 e. The summed E-state index contributed by atoms with van der Waals surface area (Å²) in [5.41, 5.74) is 1.35. The van der Waals surface area contributed by atoms with Gasteiger partial charge in [-0.05, 0) is 6.07 Å². The van der Waals surface area contributed by atoms with Crippen molar-refractivity contribution in [2.75, 3.05) is 40.5 Å². The molecule has 0 spiro atoms. The Balaban J connectivity index is 2.31. The van der Waals surface area contributed by atoms with Crippen molar-refractivity contribution in [3.63, 3.8) is 0 Å². The normalized spacial score (nSPS) is 10.5. The summed E-state index contributed by atoms with van der Waals surface area (Å²) >= 11 is 0. The largest absolute Gasteiger partial charge is 0.383 e. The van der Waals surface area contributed by atoms with E-state index in [9.17, 15) is 9.59 Å². The van der Waals surface area contributed by atoms with Crippen molar-refractivity contribution >= 4 is 11.7 Å². The van der Waals surface area contributed by atoms with Gasteiger partial charge in [0.05, 0.1) is 18.8 Å². The number of ether oxygens (including phenoxy) is 2. The van der Waals surface area contributed by atoms with Gasteiger partial charge in [0.15, 0.2) is 5.78 Å². The summed E-state index contributed by atoms with van der Waals surface area (Å²) in [6.07, 6.45) is 0. The third kappa shape index (κ3) is 4.98. The summed E-state index contributed by atoms with van der Waals surface area (Å²) in [6, 6.07) is 15.9. The van der Waals surface area contributed by atoms with Crippen LogP contribution in [0.3, 0.4) is 0 Å². The van der Waals surface area contributed by atoms with Gasteiger partial charge in [-0.2, -0.15) is 0 Å². The monoisotopic (exact) mass is 341 g/mol. The summed E-state index contributed by atoms with van der Waals surface area (Å²) < 4.78 is 10.2. The Hall–Kier alpha value is -2.50. The highest BCUT2D eigenvalue weighted by molar-refractivity contribution is 6.15. The van der Waals surface area contributed by atoms with Gasteiger partial charge in [0, 0.05) is 38.4 Å². The molecule has 5 nitrogen and oxygen atoms in total. The van der Waals surface area contributed by atoms with E-state index in [1.165, 1.54) is 0 Å². The molecule has 2 aromatic carbocycles. The van der Waals surface area contributed by atoms with E-state index in [4.69, 9.17) is 9.47 Å². The zero-order valence-corrected chi connectivity index (χ0v) is 14.6. The molecule has 0 N–H and O–H groups in total. The molecule has 0 heterocycles. The van der Waals surface area contributed by atoms with Crippen LogP contribution in [0.25, 0.3) is 0 Å². The summed E-state index contributed by atoms with van der Waals surface area (Å²) in [4.78, 5) is 27.4. The SMILES string of the molecule is COCCN(CCOC)C(=O)c1ccccc1C(=O)c1ccccc1. The molecule has 5 heteroatoms. The Morgan fingerprint density at radius 2 is 1.32 bits per heavy atom. The summed E-state index contributed by atoms with van der Waals surface area (Å²) in [7, 11) is 3.18. The highest BCUT2D eigenvalue weighted by Crippen LogP contribution is 2.17. The lowest BCUT2D eigenvalue weighted by atomic mass is 9.97. The number of benzene rings is 2. The highest BCUT2D eigenvalue weighted by Gasteiger charge is 2.22. The molecule has 0 unspecified atom stereocenters. The molecule has 0 aliphatic carbocycles. The molecule has 0 bridgehead atoms. The number of nitrogens with zero attached hydrogens (tertiary/aromatic N) is 1. The highest BCUT2D eigenvalue weighted by atomic mass is 16.5. The van der Waals surface area contributed by atoms with Crippen molar-refractivity contribution in [1.29, 1.82) is 0 Å². The van der Waals surface area contributed by atoms with Crippen LogP contribution in [0.2, 0.25) is 0 Å². The van der Waals surface area contributed by atoms with Crippen molar-refractivity contribution in [2.45, 2.75) is 0 Å². The standard InChI is InChI=1S/C20H23NO4/c1-24-14-12-21(13-15-25-2)20(23)18-11-7-6-10-17(18)19(22)16-8-4-3-5-9-16/h3-11H,12-15H2,1-2H3. The topological polar surface area (TPSA) is 55.8 Å². The van der Waals surface area contributed by atoms with Gasteiger partial charge >= 0.3 is 0 Å². The number of methoxy groups -OCH3 is 2. The molecule has 0 aliphatic heterocycles. The van der Waals surface area contributed by atoms with Crippen LogP contribution >= 0.6 is 0 Å². The van der Waals surface area contributed by atoms with E-state index < -0.39 is 0 Å². The summed E-state index contributed by atoms with van der Waals surface area (Å²) in [5.74, 6) is -0.364. The van der Waals surface area contributed by atoms with Crippen LogP contribution in [0.5, 0.6) is 0 Å². The summed E-state index contributed by atoms with van der Waals surface area (Å²) in [6.45, 7) is 1.72. The first-order chi connectivity index (χ1) is 12.2. The molecule has 0 atom stereocenters. The lowest BCUT2D eigenvalue weighted by Gasteiger charge is -2.23. The van der Waals surface area contributed by atoms with Crippen molar-refractivity contribution < 1.29 is 19.1 Å². The quantitative estimate of drug-likeness (QED) is 0.658. The number of carbonyl (C=O) groups excluding carboxylic acids is 2. The van der Waals surface area contributed by atoms with Crippen LogP contribution in [0.4, 0.5) is 0 Å². The van der Waals surface area contributed by atoms with Crippen LogP contribution in [0.15, 0.2) is 54.6 Å². The molecular formula is C20H23NO4. The van der Waals surface area contributed by atoms with E-state index >= 15 is 0 Å². The molecular weight excluding hydrogens is 318 g/mol. The average molecular weight is 341 g/mol. The van der Waals surface area contributed by atoms with Crippen LogP contribution < -0.4 is 0 Å². The molecule has 25 heavy (non-hydrogen) atoms. The Morgan fingerprint density at radius 1 is 0.800 bits per heavy atom. The van der Waals surface area contributed by atoms with Crippen LogP contribution in [-0.2, 0) is 9.47 Å². The van der Waals surface area contributed by atoms with Gasteiger partial charge in [-0.1, -0.05) is 48.5 Å². The van der Waals surface area contributed by atoms with E-state index in [0.717, 1.165) is 0 Å². The maximum atomic E-state index is 13.0. The molecule has 2 aromatic rings. The minimum Gasteiger partial charge on any atom is -0.383 e. The number of hydrogen-bond acceptors (Lipinski definition) is 4. The van der Waals surface area contributed by atoms with Crippen LogP contribution in [-0.4, -0.2) is 57.1 Å². The second-order valence-corrected chi connectivity index (χ2v) is 5.52. The molecule has 0 saturated heterocycles. The van der Waals surface area contributed by atoms with Crippen molar-refractivity contribution in [3.05, 3.63) is 71.3 Å². The molecule has 2 rings (SSSR count). The van der Waals surface area contributed by atoms with Gasteiger partial charge < -0.3 is 14.4 Å². The number of amides is 1. The van der Waals surface area contributed by atoms with E-state index in [0.29, 0.717) is 43.0 Å². The fourth-order valence-electron chi connectivity index (χ4n) is 2.50. The van der Waals surface area contributed by atoms with Crippen LogP contribution in [0.1, 0.15) is 26.3 Å². The third-order valence-electron chi connectivity index (χ3n) is 3.86. The summed E-state index contributed by atoms with van der Waals surface area (Å²) in [5, 5.41) is 0. The van der Waals surface area contributed by atoms with Crippen LogP contribution in [0, 0.1) is 0 Å². The van der Waals surface area contributed by atoms with Gasteiger partial charge in [0.25, 0.3) is 5.91 Å². The minimum atomic E-state index is -0.200. The minimum absolute atomic E-state index is 0.164. The predicted octanol–water partition coefficient (Wildman–Crippen LogP) is 2.65. The first kappa shape index (κ1) is 18.8. The van der Waals surface area contributed by atoms with E-state index in [1.54, 1.807) is 67.7 Å². The second-order valence-electron chi connectivity index (χ2n) is 5.52. The number of hydrogen-bond donors (Lipinski definition) is 0. The molecule has 0 aliphatic rings. The Morgan fingerprint density at radius 3 is 1.88 bits per heavy atom. The smallest absolute Gasteiger partial charge is 0.254 e. The Kier molecular flexibility index (Phi) is 7.32. The number of ketones is 1. The molecule has 0 saturated carbocycles. The lowest BCUT2D eigenvalue weighted by molar-refractivity contribution is 0.0625. The first-order valence-corrected chi connectivity index (χ1v) is 8.15. The molecule has 132 valence electrons. The number of rotatable bonds is 9. The third-order valence-corrected chi connectivity index (χ3v) is 3.86. The van der Waals surface area contributed by atoms with Crippen molar-refractivity contribution in [1.82, 2.24) is 4.90 Å². The molecule has 0 fully saturated rings. The zero-order chi connectivity index (χ0) is 18.1. The first-order valence-electron chi connectivity index (χ1n) is 8.15. The zero-order valence-electron chi connectivity index (χ0n) is 14.6. The average Bonchev–Trinajstić information content (AvgIpc) is 2.68. The molecule has 1 amide bonds. The maximum absolute atomic E-state index is 13.0. The van der Waals surface area contributed by atoms with E-state index in [-0.39, 0.29) is 11.7 Å². The van der Waals surface area contributed by atoms with Gasteiger partial charge in [-0.25, -0.2) is 0 Å². The van der Waals surface area contributed by atoms with Crippen molar-refractivity contribution in [3.8, 4) is 0 Å². The number of carbonyl (C=O) groups is 2. The fourth-order valence-corrected chi connectivity index (χ4v) is 2.50. The van der Waals surface area contributed by atoms with E-state index in [2.05, 4.69) is 0 Å². The second kappa shape index (κ2) is 9.71. The van der Waals surface area contributed by atoms with Gasteiger partial charge in [0.1, 0.15) is 0 Å². The lowest BCUT2D eigenvalue weighted by Crippen LogP contribution is -2.37. The Labute approximate surface area is 148 Å². The Bertz CT molecular complexity index is 692. The predicted molar refractivity (Wildman–Crippen MR) is 96.0 cm³/mol.